The molecule has 1 rings (SSSR count). The third kappa shape index (κ3) is 3.53. The summed E-state index contributed by atoms with van der Waals surface area (Å²) in [5.74, 6) is -5.54. The Bertz CT molecular complexity index is 276. The summed E-state index contributed by atoms with van der Waals surface area (Å²) in [7, 11) is 1.60. The SMILES string of the molecule is CNC1COCC1C(=O)NCC(F)(F)C(F)F. The number of amides is 1. The Labute approximate surface area is 95.7 Å². The second kappa shape index (κ2) is 5.63. The molecule has 1 aliphatic rings. The summed E-state index contributed by atoms with van der Waals surface area (Å²) in [5, 5.41) is 4.61. The van der Waals surface area contributed by atoms with Gasteiger partial charge in [0.05, 0.1) is 25.7 Å². The van der Waals surface area contributed by atoms with Gasteiger partial charge in [0.1, 0.15) is 0 Å². The van der Waals surface area contributed by atoms with E-state index in [1.54, 1.807) is 7.05 Å². The zero-order chi connectivity index (χ0) is 13.1. The van der Waals surface area contributed by atoms with Crippen LogP contribution in [0.1, 0.15) is 0 Å². The van der Waals surface area contributed by atoms with Gasteiger partial charge >= 0.3 is 12.3 Å². The van der Waals surface area contributed by atoms with E-state index in [0.29, 0.717) is 6.61 Å². The van der Waals surface area contributed by atoms with Gasteiger partial charge in [0.15, 0.2) is 0 Å². The fourth-order valence-corrected chi connectivity index (χ4v) is 1.51. The van der Waals surface area contributed by atoms with Crippen LogP contribution in [-0.2, 0) is 9.53 Å². The summed E-state index contributed by atoms with van der Waals surface area (Å²) in [5.41, 5.74) is 0. The van der Waals surface area contributed by atoms with Crippen LogP contribution in [0, 0.1) is 5.92 Å². The minimum atomic E-state index is -4.20. The fourth-order valence-electron chi connectivity index (χ4n) is 1.51. The van der Waals surface area contributed by atoms with Crippen LogP contribution in [0.5, 0.6) is 0 Å². The number of ether oxygens (including phenoxy) is 1. The van der Waals surface area contributed by atoms with Gasteiger partial charge in [0, 0.05) is 6.04 Å². The van der Waals surface area contributed by atoms with Crippen LogP contribution < -0.4 is 10.6 Å². The van der Waals surface area contributed by atoms with E-state index in [9.17, 15) is 22.4 Å². The molecule has 2 N–H and O–H groups in total. The fraction of sp³-hybridized carbons (Fsp3) is 0.889. The van der Waals surface area contributed by atoms with Crippen LogP contribution in [0.4, 0.5) is 17.6 Å². The first kappa shape index (κ1) is 14.2. The van der Waals surface area contributed by atoms with Gasteiger partial charge in [0.25, 0.3) is 0 Å². The normalized spacial score (nSPS) is 25.3. The summed E-state index contributed by atoms with van der Waals surface area (Å²) < 4.78 is 53.8. The molecule has 0 aromatic heterocycles. The Morgan fingerprint density at radius 2 is 2.12 bits per heavy atom. The Morgan fingerprint density at radius 1 is 1.47 bits per heavy atom. The lowest BCUT2D eigenvalue weighted by molar-refractivity contribution is -0.139. The highest BCUT2D eigenvalue weighted by Gasteiger charge is 2.42. The van der Waals surface area contributed by atoms with E-state index in [1.165, 1.54) is 0 Å². The van der Waals surface area contributed by atoms with E-state index < -0.39 is 30.7 Å². The number of carbonyl (C=O) groups excluding carboxylic acids is 1. The number of halogens is 4. The molecule has 0 aromatic carbocycles. The summed E-state index contributed by atoms with van der Waals surface area (Å²) >= 11 is 0. The van der Waals surface area contributed by atoms with E-state index in [4.69, 9.17) is 4.74 Å². The second-order valence-corrected chi connectivity index (χ2v) is 3.82. The van der Waals surface area contributed by atoms with Crippen LogP contribution in [-0.4, -0.2) is 51.1 Å². The van der Waals surface area contributed by atoms with Crippen LogP contribution >= 0.6 is 0 Å². The van der Waals surface area contributed by atoms with Crippen molar-refractivity contribution in [3.63, 3.8) is 0 Å². The average molecular weight is 258 g/mol. The molecular formula is C9H14F4N2O2. The first-order valence-electron chi connectivity index (χ1n) is 5.07. The summed E-state index contributed by atoms with van der Waals surface area (Å²) in [6.45, 7) is -0.978. The molecule has 2 atom stereocenters. The molecule has 17 heavy (non-hydrogen) atoms. The van der Waals surface area contributed by atoms with Crippen molar-refractivity contribution in [1.82, 2.24) is 10.6 Å². The number of nitrogens with one attached hydrogen (secondary N) is 2. The van der Waals surface area contributed by atoms with Gasteiger partial charge in [-0.1, -0.05) is 0 Å². The smallest absolute Gasteiger partial charge is 0.324 e. The topological polar surface area (TPSA) is 50.4 Å². The van der Waals surface area contributed by atoms with Gasteiger partial charge in [-0.05, 0) is 7.05 Å². The third-order valence-corrected chi connectivity index (χ3v) is 2.61. The summed E-state index contributed by atoms with van der Waals surface area (Å²) in [4.78, 5) is 11.5. The lowest BCUT2D eigenvalue weighted by Crippen LogP contribution is -2.47. The lowest BCUT2D eigenvalue weighted by Gasteiger charge is -2.19. The maximum Gasteiger partial charge on any atom is 0.324 e. The van der Waals surface area contributed by atoms with E-state index in [1.807, 2.05) is 5.32 Å². The van der Waals surface area contributed by atoms with E-state index in [-0.39, 0.29) is 12.6 Å². The molecule has 0 radical (unpaired) electrons. The van der Waals surface area contributed by atoms with Gasteiger partial charge in [0.2, 0.25) is 5.91 Å². The van der Waals surface area contributed by atoms with Crippen molar-refractivity contribution in [2.24, 2.45) is 5.92 Å². The van der Waals surface area contributed by atoms with Crippen molar-refractivity contribution >= 4 is 5.91 Å². The molecule has 0 aliphatic carbocycles. The number of likely N-dealkylation sites (N-methyl/N-ethyl adjacent to an activating group) is 1. The molecule has 1 heterocycles. The van der Waals surface area contributed by atoms with E-state index in [0.717, 1.165) is 0 Å². The van der Waals surface area contributed by atoms with Gasteiger partial charge in [-0.15, -0.1) is 0 Å². The molecule has 0 bridgehead atoms. The molecule has 0 saturated carbocycles. The van der Waals surface area contributed by atoms with E-state index >= 15 is 0 Å². The number of hydrogen-bond acceptors (Lipinski definition) is 3. The number of rotatable bonds is 5. The first-order valence-corrected chi connectivity index (χ1v) is 5.07. The second-order valence-electron chi connectivity index (χ2n) is 3.82. The highest BCUT2D eigenvalue weighted by Crippen LogP contribution is 2.22. The quantitative estimate of drug-likeness (QED) is 0.694. The standard InChI is InChI=1S/C9H14F4N2O2/c1-14-6-3-17-2-5(6)7(16)15-4-9(12,13)8(10)11/h5-6,8,14H,2-4H2,1H3,(H,15,16). The van der Waals surface area contributed by atoms with Crippen molar-refractivity contribution in [1.29, 1.82) is 0 Å². The monoisotopic (exact) mass is 258 g/mol. The highest BCUT2D eigenvalue weighted by molar-refractivity contribution is 5.79. The minimum absolute atomic E-state index is 0.0948. The predicted octanol–water partition coefficient (Wildman–Crippen LogP) is 0.237. The van der Waals surface area contributed by atoms with Crippen molar-refractivity contribution in [2.75, 3.05) is 26.8 Å². The van der Waals surface area contributed by atoms with Crippen molar-refractivity contribution in [3.05, 3.63) is 0 Å². The molecule has 8 heteroatoms. The van der Waals surface area contributed by atoms with Crippen LogP contribution in [0.15, 0.2) is 0 Å². The molecule has 1 amide bonds. The molecule has 1 aliphatic heterocycles. The van der Waals surface area contributed by atoms with Crippen molar-refractivity contribution in [2.45, 2.75) is 18.4 Å². The first-order chi connectivity index (χ1) is 7.88. The molecule has 4 nitrogen and oxygen atoms in total. The molecule has 1 saturated heterocycles. The number of alkyl halides is 4. The Hall–Kier alpha value is -0.890. The number of carbonyl (C=O) groups is 1. The van der Waals surface area contributed by atoms with Crippen molar-refractivity contribution < 1.29 is 27.1 Å². The Morgan fingerprint density at radius 3 is 2.65 bits per heavy atom. The van der Waals surface area contributed by atoms with Crippen LogP contribution in [0.2, 0.25) is 0 Å². The molecule has 0 spiro atoms. The maximum atomic E-state index is 12.6. The van der Waals surface area contributed by atoms with Gasteiger partial charge in [-0.3, -0.25) is 4.79 Å². The summed E-state index contributed by atoms with van der Waals surface area (Å²) in [6.07, 6.45) is -3.79. The van der Waals surface area contributed by atoms with Crippen LogP contribution in [0.25, 0.3) is 0 Å². The third-order valence-electron chi connectivity index (χ3n) is 2.61. The number of hydrogen-bond donors (Lipinski definition) is 2. The zero-order valence-corrected chi connectivity index (χ0v) is 9.18. The average Bonchev–Trinajstić information content (AvgIpc) is 2.73. The minimum Gasteiger partial charge on any atom is -0.379 e. The Balaban J connectivity index is 2.44. The van der Waals surface area contributed by atoms with Gasteiger partial charge < -0.3 is 15.4 Å². The van der Waals surface area contributed by atoms with E-state index in [2.05, 4.69) is 5.32 Å². The lowest BCUT2D eigenvalue weighted by atomic mass is 10.0. The maximum absolute atomic E-state index is 12.6. The van der Waals surface area contributed by atoms with Gasteiger partial charge in [-0.2, -0.15) is 8.78 Å². The molecular weight excluding hydrogens is 244 g/mol. The molecule has 100 valence electrons. The molecule has 2 unspecified atom stereocenters. The Kier molecular flexibility index (Phi) is 4.70. The molecule has 1 fully saturated rings. The van der Waals surface area contributed by atoms with Crippen LogP contribution in [0.3, 0.4) is 0 Å². The van der Waals surface area contributed by atoms with Gasteiger partial charge in [-0.25, -0.2) is 8.78 Å². The predicted molar refractivity (Wildman–Crippen MR) is 51.1 cm³/mol. The largest absolute Gasteiger partial charge is 0.379 e. The molecule has 0 aromatic rings. The highest BCUT2D eigenvalue weighted by atomic mass is 19.3. The van der Waals surface area contributed by atoms with Crippen molar-refractivity contribution in [3.8, 4) is 0 Å². The zero-order valence-electron chi connectivity index (χ0n) is 9.18. The summed E-state index contributed by atoms with van der Waals surface area (Å²) in [6, 6.07) is -0.282.